The van der Waals surface area contributed by atoms with Gasteiger partial charge in [-0.3, -0.25) is 0 Å². The second-order valence-corrected chi connectivity index (χ2v) is 0.809. The molecule has 1 heterocycles. The van der Waals surface area contributed by atoms with Crippen LogP contribution in [0.3, 0.4) is 0 Å². The van der Waals surface area contributed by atoms with Gasteiger partial charge in [0.1, 0.15) is 6.26 Å². The standard InChI is InChI=1S/C4H5NO/c1-2-4-6-5-3-1/h2-4H,1H2/i1D2. The van der Waals surface area contributed by atoms with Crippen molar-refractivity contribution in [3.63, 3.8) is 0 Å². The van der Waals surface area contributed by atoms with E-state index < -0.39 is 6.37 Å². The molecule has 0 bridgehead atoms. The first-order valence-corrected chi connectivity index (χ1v) is 1.59. The summed E-state index contributed by atoms with van der Waals surface area (Å²) in [5, 5.41) is 3.24. The molecule has 0 saturated heterocycles. The lowest BCUT2D eigenvalue weighted by atomic mass is 10.4. The van der Waals surface area contributed by atoms with Crippen LogP contribution in [0.15, 0.2) is 17.5 Å². The molecule has 0 unspecified atom stereocenters. The van der Waals surface area contributed by atoms with Crippen molar-refractivity contribution >= 4 is 6.21 Å². The van der Waals surface area contributed by atoms with Crippen molar-refractivity contribution < 1.29 is 7.58 Å². The van der Waals surface area contributed by atoms with Gasteiger partial charge >= 0.3 is 0 Å². The van der Waals surface area contributed by atoms with Crippen molar-refractivity contribution in [3.8, 4) is 0 Å². The first-order chi connectivity index (χ1) is 3.71. The molecule has 0 aromatic rings. The van der Waals surface area contributed by atoms with Crippen molar-refractivity contribution in [2.24, 2.45) is 5.16 Å². The lowest BCUT2D eigenvalue weighted by molar-refractivity contribution is 0.264. The smallest absolute Gasteiger partial charge is 0.118 e. The Morgan fingerprint density at radius 1 is 2.00 bits per heavy atom. The SMILES string of the molecule is [2H]C1([2H])C=CON=C1. The highest BCUT2D eigenvalue weighted by Crippen LogP contribution is 1.87. The fourth-order valence-electron chi connectivity index (χ4n) is 0.209. The third-order valence-corrected chi connectivity index (χ3v) is 0.413. The second kappa shape index (κ2) is 1.60. The van der Waals surface area contributed by atoms with Crippen molar-refractivity contribution in [1.29, 1.82) is 0 Å². The van der Waals surface area contributed by atoms with Gasteiger partial charge in [-0.2, -0.15) is 0 Å². The Morgan fingerprint density at radius 2 is 3.00 bits per heavy atom. The van der Waals surface area contributed by atoms with Gasteiger partial charge in [-0.05, 0) is 6.08 Å². The van der Waals surface area contributed by atoms with Gasteiger partial charge in [-0.25, -0.2) is 0 Å². The molecule has 32 valence electrons. The van der Waals surface area contributed by atoms with Crippen LogP contribution in [0.2, 0.25) is 0 Å². The Bertz CT molecular complexity index is 127. The maximum absolute atomic E-state index is 6.98. The van der Waals surface area contributed by atoms with Crippen LogP contribution in [0.5, 0.6) is 0 Å². The Hall–Kier alpha value is -0.790. The zero-order chi connectivity index (χ0) is 6.04. The van der Waals surface area contributed by atoms with E-state index in [1.807, 2.05) is 0 Å². The van der Waals surface area contributed by atoms with E-state index in [-0.39, 0.29) is 0 Å². The number of hydrogen-bond donors (Lipinski definition) is 0. The van der Waals surface area contributed by atoms with E-state index >= 15 is 0 Å². The van der Waals surface area contributed by atoms with Crippen molar-refractivity contribution in [2.45, 2.75) is 6.37 Å². The molecule has 0 amide bonds. The largest absolute Gasteiger partial charge is 0.366 e. The summed E-state index contributed by atoms with van der Waals surface area (Å²) in [6.07, 6.45) is 2.20. The number of oxime groups is 1. The zero-order valence-electron chi connectivity index (χ0n) is 5.09. The molecule has 0 radical (unpaired) electrons. The second-order valence-electron chi connectivity index (χ2n) is 0.809. The van der Waals surface area contributed by atoms with Crippen molar-refractivity contribution in [1.82, 2.24) is 0 Å². The molecule has 0 aromatic carbocycles. The summed E-state index contributed by atoms with van der Waals surface area (Å²) in [5.74, 6) is 0. The van der Waals surface area contributed by atoms with Gasteiger partial charge in [0.05, 0.1) is 0 Å². The summed E-state index contributed by atoms with van der Waals surface area (Å²) < 4.78 is 14.0. The third-order valence-electron chi connectivity index (χ3n) is 0.413. The normalized spacial score (nSPS) is 30.7. The number of hydrogen-bond acceptors (Lipinski definition) is 2. The van der Waals surface area contributed by atoms with Crippen LogP contribution in [0, 0.1) is 0 Å². The van der Waals surface area contributed by atoms with Gasteiger partial charge in [0.15, 0.2) is 0 Å². The quantitative estimate of drug-likeness (QED) is 0.428. The van der Waals surface area contributed by atoms with Gasteiger partial charge in [0.2, 0.25) is 0 Å². The van der Waals surface area contributed by atoms with E-state index in [0.717, 1.165) is 6.21 Å². The summed E-state index contributed by atoms with van der Waals surface area (Å²) in [5.41, 5.74) is 0. The summed E-state index contributed by atoms with van der Waals surface area (Å²) in [6.45, 7) is 0. The summed E-state index contributed by atoms with van der Waals surface area (Å²) >= 11 is 0. The van der Waals surface area contributed by atoms with Crippen LogP contribution in [0.25, 0.3) is 0 Å². The predicted molar refractivity (Wildman–Crippen MR) is 23.3 cm³/mol. The maximum atomic E-state index is 6.98. The minimum Gasteiger partial charge on any atom is -0.366 e. The lowest BCUT2D eigenvalue weighted by Crippen LogP contribution is -1.78. The minimum atomic E-state index is -1.42. The molecule has 1 aliphatic heterocycles. The van der Waals surface area contributed by atoms with Crippen LogP contribution < -0.4 is 0 Å². The first kappa shape index (κ1) is 1.78. The molecule has 1 aliphatic rings. The highest BCUT2D eigenvalue weighted by molar-refractivity contribution is 5.59. The molecule has 0 saturated carbocycles. The topological polar surface area (TPSA) is 21.6 Å². The number of rotatable bonds is 0. The third kappa shape index (κ3) is 0.578. The molecule has 0 spiro atoms. The lowest BCUT2D eigenvalue weighted by Gasteiger charge is -1.89. The monoisotopic (exact) mass is 85.0 g/mol. The van der Waals surface area contributed by atoms with E-state index in [1.54, 1.807) is 0 Å². The fourth-order valence-corrected chi connectivity index (χ4v) is 0.209. The van der Waals surface area contributed by atoms with Crippen LogP contribution in [0.1, 0.15) is 9.11 Å². The van der Waals surface area contributed by atoms with E-state index in [2.05, 4.69) is 9.99 Å². The van der Waals surface area contributed by atoms with E-state index in [0.29, 0.717) is 0 Å². The Labute approximate surface area is 38.9 Å². The molecule has 0 aromatic heterocycles. The molecule has 6 heavy (non-hydrogen) atoms. The average molecular weight is 85.1 g/mol. The summed E-state index contributed by atoms with van der Waals surface area (Å²) in [7, 11) is 0. The Morgan fingerprint density at radius 3 is 3.33 bits per heavy atom. The van der Waals surface area contributed by atoms with Gasteiger partial charge in [0, 0.05) is 15.3 Å². The minimum absolute atomic E-state index is 1.10. The molecule has 0 fully saturated rings. The van der Waals surface area contributed by atoms with Crippen LogP contribution in [-0.4, -0.2) is 6.21 Å². The Kier molecular flexibility index (Phi) is 0.473. The Balaban J connectivity index is 2.69. The molecule has 2 nitrogen and oxygen atoms in total. The molecule has 0 aliphatic carbocycles. The predicted octanol–water partition coefficient (Wildman–Crippen LogP) is 0.906. The van der Waals surface area contributed by atoms with Gasteiger partial charge < -0.3 is 4.84 Å². The van der Waals surface area contributed by atoms with Gasteiger partial charge in [-0.1, -0.05) is 5.16 Å². The van der Waals surface area contributed by atoms with Crippen LogP contribution >= 0.6 is 0 Å². The molecular weight excluding hydrogens is 78.0 g/mol. The molecule has 0 atom stereocenters. The molecule has 2 heteroatoms. The van der Waals surface area contributed by atoms with E-state index in [1.165, 1.54) is 12.3 Å². The average Bonchev–Trinajstić information content (AvgIpc) is 1.65. The number of nitrogens with zero attached hydrogens (tertiary/aromatic N) is 1. The fraction of sp³-hybridized carbons (Fsp3) is 0.250. The first-order valence-electron chi connectivity index (χ1n) is 2.59. The molecule has 1 rings (SSSR count). The van der Waals surface area contributed by atoms with Crippen molar-refractivity contribution in [2.75, 3.05) is 0 Å². The highest BCUT2D eigenvalue weighted by atomic mass is 16.6. The van der Waals surface area contributed by atoms with E-state index in [4.69, 9.17) is 2.74 Å². The number of allylic oxidation sites excluding steroid dienone is 1. The summed E-state index contributed by atoms with van der Waals surface area (Å²) in [6, 6.07) is 0. The highest BCUT2D eigenvalue weighted by Gasteiger charge is 1.77. The maximum Gasteiger partial charge on any atom is 0.118 e. The molecule has 0 N–H and O–H groups in total. The van der Waals surface area contributed by atoms with Gasteiger partial charge in [-0.15, -0.1) is 0 Å². The molecular formula is C4H5NO. The summed E-state index contributed by atoms with van der Waals surface area (Å²) in [4.78, 5) is 4.35. The zero-order valence-corrected chi connectivity index (χ0v) is 3.09. The van der Waals surface area contributed by atoms with Gasteiger partial charge in [0.25, 0.3) is 0 Å². The van der Waals surface area contributed by atoms with Crippen LogP contribution in [0.4, 0.5) is 0 Å². The van der Waals surface area contributed by atoms with E-state index in [9.17, 15) is 0 Å². The van der Waals surface area contributed by atoms with Crippen molar-refractivity contribution in [3.05, 3.63) is 12.3 Å². The van der Waals surface area contributed by atoms with Crippen LogP contribution in [-0.2, 0) is 4.84 Å².